The number of rotatable bonds is 4. The summed E-state index contributed by atoms with van der Waals surface area (Å²) < 4.78 is 0. The molecule has 0 unspecified atom stereocenters. The Hall–Kier alpha value is -1.08. The van der Waals surface area contributed by atoms with Crippen LogP contribution in [0.4, 0.5) is 0 Å². The molecule has 0 heterocycles. The van der Waals surface area contributed by atoms with Gasteiger partial charge in [0.2, 0.25) is 0 Å². The Labute approximate surface area is 87.4 Å². The van der Waals surface area contributed by atoms with Crippen molar-refractivity contribution in [2.45, 2.75) is 33.1 Å². The highest BCUT2D eigenvalue weighted by Gasteiger charge is 1.94. The topological polar surface area (TPSA) is 35.0 Å². The monoisotopic (exact) mass is 191 g/mol. The number of hydrogen-bond donors (Lipinski definition) is 1. The van der Waals surface area contributed by atoms with E-state index in [1.54, 1.807) is 0 Å². The fraction of sp³-hybridized carbons (Fsp3) is 0.385. The minimum absolute atomic E-state index is 0. The Morgan fingerprint density at radius 1 is 1.29 bits per heavy atom. The summed E-state index contributed by atoms with van der Waals surface area (Å²) in [5.74, 6) is 0. The van der Waals surface area contributed by atoms with Crippen LogP contribution in [0.25, 0.3) is 0 Å². The van der Waals surface area contributed by atoms with E-state index in [2.05, 4.69) is 44.7 Å². The maximum atomic E-state index is 3.91. The molecule has 0 saturated heterocycles. The van der Waals surface area contributed by atoms with Gasteiger partial charge in [0.25, 0.3) is 0 Å². The fourth-order valence-electron chi connectivity index (χ4n) is 1.36. The van der Waals surface area contributed by atoms with Crippen molar-refractivity contribution in [3.63, 3.8) is 0 Å². The van der Waals surface area contributed by atoms with Crippen LogP contribution in [-0.4, -0.2) is 0 Å². The van der Waals surface area contributed by atoms with Gasteiger partial charge in [0, 0.05) is 0 Å². The van der Waals surface area contributed by atoms with Crippen LogP contribution in [0.1, 0.15) is 31.4 Å². The van der Waals surface area contributed by atoms with Crippen LogP contribution in [0.2, 0.25) is 0 Å². The summed E-state index contributed by atoms with van der Waals surface area (Å²) in [6, 6.07) is 8.82. The zero-order chi connectivity index (χ0) is 9.68. The van der Waals surface area contributed by atoms with Gasteiger partial charge < -0.3 is 6.15 Å². The average Bonchev–Trinajstić information content (AvgIpc) is 2.15. The molecule has 0 bridgehead atoms. The molecule has 0 aliphatic rings. The molecule has 1 heteroatoms. The molecule has 1 rings (SSSR count). The number of allylic oxidation sites excluding steroid dienone is 1. The lowest BCUT2D eigenvalue weighted by atomic mass is 10.0. The molecule has 0 aliphatic heterocycles. The first-order valence-electron chi connectivity index (χ1n) is 4.94. The van der Waals surface area contributed by atoms with E-state index in [1.165, 1.54) is 16.7 Å². The summed E-state index contributed by atoms with van der Waals surface area (Å²) >= 11 is 0. The molecule has 0 amide bonds. The zero-order valence-corrected chi connectivity index (χ0v) is 9.34. The summed E-state index contributed by atoms with van der Waals surface area (Å²) in [6.45, 7) is 8.19. The van der Waals surface area contributed by atoms with Crippen molar-refractivity contribution in [2.75, 3.05) is 0 Å². The fourth-order valence-corrected chi connectivity index (χ4v) is 1.36. The van der Waals surface area contributed by atoms with Crippen LogP contribution >= 0.6 is 0 Å². The summed E-state index contributed by atoms with van der Waals surface area (Å²) in [6.07, 6.45) is 3.36. The molecule has 0 spiro atoms. The Morgan fingerprint density at radius 3 is 2.50 bits per heavy atom. The SMILES string of the molecule is C=C(C)CCc1cccc(CC)c1.N. The highest BCUT2D eigenvalue weighted by Crippen LogP contribution is 2.10. The van der Waals surface area contributed by atoms with Crippen LogP contribution in [0.5, 0.6) is 0 Å². The molecular weight excluding hydrogens is 170 g/mol. The van der Waals surface area contributed by atoms with Crippen molar-refractivity contribution in [1.29, 1.82) is 0 Å². The van der Waals surface area contributed by atoms with E-state index in [9.17, 15) is 0 Å². The first-order chi connectivity index (χ1) is 6.22. The minimum atomic E-state index is 0. The molecule has 0 saturated carbocycles. The summed E-state index contributed by atoms with van der Waals surface area (Å²) in [5, 5.41) is 0. The molecule has 0 aliphatic carbocycles. The Kier molecular flexibility index (Phi) is 5.89. The second-order valence-electron chi connectivity index (χ2n) is 3.63. The van der Waals surface area contributed by atoms with Gasteiger partial charge in [-0.05, 0) is 37.3 Å². The molecule has 0 fully saturated rings. The van der Waals surface area contributed by atoms with Crippen LogP contribution in [-0.2, 0) is 12.8 Å². The Morgan fingerprint density at radius 2 is 1.93 bits per heavy atom. The van der Waals surface area contributed by atoms with Crippen LogP contribution in [0.15, 0.2) is 36.4 Å². The van der Waals surface area contributed by atoms with Crippen LogP contribution in [0.3, 0.4) is 0 Å². The quantitative estimate of drug-likeness (QED) is 0.719. The number of hydrogen-bond acceptors (Lipinski definition) is 1. The third-order valence-corrected chi connectivity index (χ3v) is 2.24. The standard InChI is InChI=1S/C13H18.H3N/c1-4-12-6-5-7-13(10-12)9-8-11(2)3;/h5-7,10H,2,4,8-9H2,1,3H3;1H3. The first kappa shape index (κ1) is 12.9. The predicted molar refractivity (Wildman–Crippen MR) is 64.0 cm³/mol. The van der Waals surface area contributed by atoms with Crippen molar-refractivity contribution in [1.82, 2.24) is 6.15 Å². The maximum absolute atomic E-state index is 3.91. The van der Waals surface area contributed by atoms with Crippen LogP contribution in [0, 0.1) is 0 Å². The van der Waals surface area contributed by atoms with Gasteiger partial charge in [-0.3, -0.25) is 0 Å². The number of aryl methyl sites for hydroxylation is 2. The van der Waals surface area contributed by atoms with E-state index >= 15 is 0 Å². The molecule has 1 aromatic rings. The van der Waals surface area contributed by atoms with E-state index in [1.807, 2.05) is 0 Å². The Bertz CT molecular complexity index is 289. The molecule has 0 atom stereocenters. The molecule has 1 nitrogen and oxygen atoms in total. The van der Waals surface area contributed by atoms with E-state index in [0.29, 0.717) is 0 Å². The van der Waals surface area contributed by atoms with Gasteiger partial charge >= 0.3 is 0 Å². The highest BCUT2D eigenvalue weighted by molar-refractivity contribution is 5.24. The summed E-state index contributed by atoms with van der Waals surface area (Å²) in [4.78, 5) is 0. The Balaban J connectivity index is 0.00000169. The van der Waals surface area contributed by atoms with Crippen molar-refractivity contribution >= 4 is 0 Å². The molecular formula is C13H21N. The van der Waals surface area contributed by atoms with Gasteiger partial charge in [-0.2, -0.15) is 0 Å². The second-order valence-corrected chi connectivity index (χ2v) is 3.63. The maximum Gasteiger partial charge on any atom is -0.0242 e. The van der Waals surface area contributed by atoms with Crippen LogP contribution < -0.4 is 6.15 Å². The van der Waals surface area contributed by atoms with Gasteiger partial charge in [0.05, 0.1) is 0 Å². The van der Waals surface area contributed by atoms with Crippen molar-refractivity contribution in [3.05, 3.63) is 47.5 Å². The van der Waals surface area contributed by atoms with E-state index < -0.39 is 0 Å². The van der Waals surface area contributed by atoms with E-state index in [-0.39, 0.29) is 6.15 Å². The van der Waals surface area contributed by atoms with Crippen molar-refractivity contribution < 1.29 is 0 Å². The normalized spacial score (nSPS) is 9.29. The molecule has 3 N–H and O–H groups in total. The smallest absolute Gasteiger partial charge is 0.0242 e. The molecule has 1 aromatic carbocycles. The third kappa shape index (κ3) is 4.24. The molecule has 14 heavy (non-hydrogen) atoms. The number of benzene rings is 1. The van der Waals surface area contributed by atoms with Gasteiger partial charge in [0.15, 0.2) is 0 Å². The third-order valence-electron chi connectivity index (χ3n) is 2.24. The summed E-state index contributed by atoms with van der Waals surface area (Å²) in [7, 11) is 0. The van der Waals surface area contributed by atoms with Gasteiger partial charge in [-0.1, -0.05) is 36.8 Å². The highest BCUT2D eigenvalue weighted by atomic mass is 14.0. The lowest BCUT2D eigenvalue weighted by Gasteiger charge is -2.03. The predicted octanol–water partition coefficient (Wildman–Crippen LogP) is 3.92. The molecule has 0 aromatic heterocycles. The van der Waals surface area contributed by atoms with Gasteiger partial charge in [-0.15, -0.1) is 6.58 Å². The lowest BCUT2D eigenvalue weighted by molar-refractivity contribution is 0.940. The van der Waals surface area contributed by atoms with E-state index in [4.69, 9.17) is 0 Å². The zero-order valence-electron chi connectivity index (χ0n) is 9.34. The average molecular weight is 191 g/mol. The molecule has 78 valence electrons. The summed E-state index contributed by atoms with van der Waals surface area (Å²) in [5.41, 5.74) is 4.13. The van der Waals surface area contributed by atoms with Gasteiger partial charge in [0.1, 0.15) is 0 Å². The van der Waals surface area contributed by atoms with E-state index in [0.717, 1.165) is 19.3 Å². The van der Waals surface area contributed by atoms with Crippen molar-refractivity contribution in [2.24, 2.45) is 0 Å². The minimum Gasteiger partial charge on any atom is -0.344 e. The molecule has 0 radical (unpaired) electrons. The van der Waals surface area contributed by atoms with Gasteiger partial charge in [-0.25, -0.2) is 0 Å². The largest absolute Gasteiger partial charge is 0.344 e. The first-order valence-corrected chi connectivity index (χ1v) is 4.94. The lowest BCUT2D eigenvalue weighted by Crippen LogP contribution is -1.88. The second kappa shape index (κ2) is 6.39. The van der Waals surface area contributed by atoms with Crippen molar-refractivity contribution in [3.8, 4) is 0 Å².